The second-order valence-electron chi connectivity index (χ2n) is 5.01. The van der Waals surface area contributed by atoms with Crippen molar-refractivity contribution in [2.75, 3.05) is 0 Å². The van der Waals surface area contributed by atoms with Crippen molar-refractivity contribution in [1.29, 1.82) is 5.41 Å². The highest BCUT2D eigenvalue weighted by atomic mass is 16.1. The summed E-state index contributed by atoms with van der Waals surface area (Å²) >= 11 is 0. The zero-order chi connectivity index (χ0) is 14.4. The van der Waals surface area contributed by atoms with Gasteiger partial charge >= 0.3 is 0 Å². The molecule has 0 aliphatic rings. The molecule has 2 aromatic carbocycles. The minimum atomic E-state index is -0.747. The van der Waals surface area contributed by atoms with Gasteiger partial charge in [-0.3, -0.25) is 4.79 Å². The molecule has 2 aromatic rings. The largest absolute Gasteiger partial charge is 0.312 e. The van der Waals surface area contributed by atoms with Gasteiger partial charge in [-0.2, -0.15) is 0 Å². The second-order valence-corrected chi connectivity index (χ2v) is 5.01. The molecule has 0 bridgehead atoms. The van der Waals surface area contributed by atoms with Crippen LogP contribution in [0, 0.1) is 10.8 Å². The Morgan fingerprint density at radius 1 is 1.05 bits per heavy atom. The molecular weight excluding hydrogens is 246 g/mol. The SMILES string of the molecule is CC[C@](C=N)(Cc1ccccc1)C(=O)c1ccccc1. The van der Waals surface area contributed by atoms with Crippen LogP contribution in [0.1, 0.15) is 29.3 Å². The maximum atomic E-state index is 12.8. The van der Waals surface area contributed by atoms with Crippen molar-refractivity contribution in [2.24, 2.45) is 5.41 Å². The summed E-state index contributed by atoms with van der Waals surface area (Å²) in [6.45, 7) is 1.97. The van der Waals surface area contributed by atoms with E-state index in [1.165, 1.54) is 6.21 Å². The van der Waals surface area contributed by atoms with Crippen molar-refractivity contribution in [3.05, 3.63) is 71.8 Å². The third-order valence-corrected chi connectivity index (χ3v) is 3.76. The van der Waals surface area contributed by atoms with E-state index in [9.17, 15) is 4.79 Å². The highest BCUT2D eigenvalue weighted by Crippen LogP contribution is 2.29. The first kappa shape index (κ1) is 14.2. The van der Waals surface area contributed by atoms with Gasteiger partial charge in [-0.05, 0) is 18.4 Å². The van der Waals surface area contributed by atoms with Crippen LogP contribution in [-0.4, -0.2) is 12.0 Å². The van der Waals surface area contributed by atoms with Crippen molar-refractivity contribution in [2.45, 2.75) is 19.8 Å². The molecule has 0 saturated carbocycles. The van der Waals surface area contributed by atoms with Gasteiger partial charge in [0.05, 0.1) is 5.41 Å². The average Bonchev–Trinajstić information content (AvgIpc) is 2.54. The van der Waals surface area contributed by atoms with Gasteiger partial charge in [-0.25, -0.2) is 0 Å². The molecule has 0 fully saturated rings. The van der Waals surface area contributed by atoms with Gasteiger partial charge in [0.1, 0.15) is 0 Å². The lowest BCUT2D eigenvalue weighted by molar-refractivity contribution is 0.0870. The highest BCUT2D eigenvalue weighted by Gasteiger charge is 2.35. The zero-order valence-corrected chi connectivity index (χ0v) is 11.7. The monoisotopic (exact) mass is 265 g/mol. The van der Waals surface area contributed by atoms with Gasteiger partial charge in [0.2, 0.25) is 0 Å². The molecule has 0 unspecified atom stereocenters. The minimum Gasteiger partial charge on any atom is -0.312 e. The Balaban J connectivity index is 2.34. The van der Waals surface area contributed by atoms with E-state index in [1.54, 1.807) is 0 Å². The van der Waals surface area contributed by atoms with Gasteiger partial charge in [0.15, 0.2) is 5.78 Å². The fourth-order valence-corrected chi connectivity index (χ4v) is 2.42. The Bertz CT molecular complexity index is 577. The number of Topliss-reactive ketones (excluding diaryl/α,β-unsaturated/α-hetero) is 1. The van der Waals surface area contributed by atoms with Crippen LogP contribution in [0.5, 0.6) is 0 Å². The van der Waals surface area contributed by atoms with Gasteiger partial charge < -0.3 is 5.41 Å². The third kappa shape index (κ3) is 2.85. The lowest BCUT2D eigenvalue weighted by atomic mass is 9.74. The summed E-state index contributed by atoms with van der Waals surface area (Å²) in [5.41, 5.74) is 1.01. The van der Waals surface area contributed by atoms with Crippen molar-refractivity contribution in [3.63, 3.8) is 0 Å². The fraction of sp³-hybridized carbons (Fsp3) is 0.222. The summed E-state index contributed by atoms with van der Waals surface area (Å²) in [6, 6.07) is 19.2. The Morgan fingerprint density at radius 2 is 1.60 bits per heavy atom. The van der Waals surface area contributed by atoms with Crippen LogP contribution < -0.4 is 0 Å². The molecule has 102 valence electrons. The Kier molecular flexibility index (Phi) is 4.46. The number of ketones is 1. The smallest absolute Gasteiger partial charge is 0.174 e. The van der Waals surface area contributed by atoms with E-state index in [-0.39, 0.29) is 5.78 Å². The molecule has 1 N–H and O–H groups in total. The Hall–Kier alpha value is -2.22. The number of benzene rings is 2. The molecule has 0 aromatic heterocycles. The summed E-state index contributed by atoms with van der Waals surface area (Å²) in [7, 11) is 0. The highest BCUT2D eigenvalue weighted by molar-refractivity contribution is 6.09. The second kappa shape index (κ2) is 6.29. The predicted molar refractivity (Wildman–Crippen MR) is 82.4 cm³/mol. The van der Waals surface area contributed by atoms with E-state index in [2.05, 4.69) is 0 Å². The molecule has 2 rings (SSSR count). The lowest BCUT2D eigenvalue weighted by Crippen LogP contribution is -2.34. The first-order valence-corrected chi connectivity index (χ1v) is 6.87. The number of carbonyl (C=O) groups is 1. The molecule has 2 heteroatoms. The topological polar surface area (TPSA) is 40.9 Å². The molecule has 0 heterocycles. The maximum absolute atomic E-state index is 12.8. The summed E-state index contributed by atoms with van der Waals surface area (Å²) in [5.74, 6) is 0.0273. The number of hydrogen-bond acceptors (Lipinski definition) is 2. The molecule has 1 atom stereocenters. The Labute approximate surface area is 120 Å². The molecule has 0 spiro atoms. The molecular formula is C18H19NO. The Morgan fingerprint density at radius 3 is 2.10 bits per heavy atom. The van der Waals surface area contributed by atoms with Gasteiger partial charge in [0.25, 0.3) is 0 Å². The van der Waals surface area contributed by atoms with Crippen LogP contribution >= 0.6 is 0 Å². The molecule has 0 radical (unpaired) electrons. The van der Waals surface area contributed by atoms with Crippen molar-refractivity contribution in [1.82, 2.24) is 0 Å². The standard InChI is InChI=1S/C18H19NO/c1-2-18(14-19,13-15-9-5-3-6-10-15)17(20)16-11-7-4-8-12-16/h3-12,14,19H,2,13H2,1H3/t18-/m1/s1. The summed E-state index contributed by atoms with van der Waals surface area (Å²) in [4.78, 5) is 12.8. The number of carbonyl (C=O) groups excluding carboxylic acids is 1. The number of nitrogens with one attached hydrogen (secondary N) is 1. The van der Waals surface area contributed by atoms with Gasteiger partial charge in [0, 0.05) is 11.8 Å². The van der Waals surface area contributed by atoms with Crippen LogP contribution in [0.25, 0.3) is 0 Å². The fourth-order valence-electron chi connectivity index (χ4n) is 2.42. The minimum absolute atomic E-state index is 0.0273. The van der Waals surface area contributed by atoms with E-state index >= 15 is 0 Å². The molecule has 0 saturated heterocycles. The van der Waals surface area contributed by atoms with Crippen molar-refractivity contribution in [3.8, 4) is 0 Å². The normalized spacial score (nSPS) is 13.4. The molecule has 0 aliphatic carbocycles. The first-order chi connectivity index (χ1) is 9.72. The van der Waals surface area contributed by atoms with Crippen LogP contribution in [-0.2, 0) is 6.42 Å². The predicted octanol–water partition coefficient (Wildman–Crippen LogP) is 4.16. The van der Waals surface area contributed by atoms with Crippen LogP contribution in [0.3, 0.4) is 0 Å². The first-order valence-electron chi connectivity index (χ1n) is 6.87. The van der Waals surface area contributed by atoms with Crippen molar-refractivity contribution < 1.29 is 4.79 Å². The van der Waals surface area contributed by atoms with Crippen LogP contribution in [0.2, 0.25) is 0 Å². The van der Waals surface area contributed by atoms with Crippen molar-refractivity contribution >= 4 is 12.0 Å². The molecule has 0 aliphatic heterocycles. The summed E-state index contributed by atoms with van der Waals surface area (Å²) in [5, 5.41) is 7.79. The number of rotatable bonds is 6. The third-order valence-electron chi connectivity index (χ3n) is 3.76. The van der Waals surface area contributed by atoms with Gasteiger partial charge in [-0.15, -0.1) is 0 Å². The van der Waals surface area contributed by atoms with E-state index in [4.69, 9.17) is 5.41 Å². The number of hydrogen-bond donors (Lipinski definition) is 1. The molecule has 0 amide bonds. The van der Waals surface area contributed by atoms with E-state index < -0.39 is 5.41 Å². The quantitative estimate of drug-likeness (QED) is 0.618. The average molecular weight is 265 g/mol. The summed E-state index contributed by atoms with van der Waals surface area (Å²) in [6.07, 6.45) is 2.51. The van der Waals surface area contributed by atoms with Crippen LogP contribution in [0.15, 0.2) is 60.7 Å². The van der Waals surface area contributed by atoms with E-state index in [0.717, 1.165) is 5.56 Å². The van der Waals surface area contributed by atoms with Gasteiger partial charge in [-0.1, -0.05) is 67.6 Å². The van der Waals surface area contributed by atoms with E-state index in [1.807, 2.05) is 67.6 Å². The van der Waals surface area contributed by atoms with Crippen LogP contribution in [0.4, 0.5) is 0 Å². The van der Waals surface area contributed by atoms with E-state index in [0.29, 0.717) is 18.4 Å². The summed E-state index contributed by atoms with van der Waals surface area (Å²) < 4.78 is 0. The lowest BCUT2D eigenvalue weighted by Gasteiger charge is -2.27. The molecule has 2 nitrogen and oxygen atoms in total. The molecule has 20 heavy (non-hydrogen) atoms. The maximum Gasteiger partial charge on any atom is 0.174 e. The zero-order valence-electron chi connectivity index (χ0n) is 11.7.